The van der Waals surface area contributed by atoms with Crippen LogP contribution in [0.15, 0.2) is 6.20 Å². The molecule has 0 amide bonds. The van der Waals surface area contributed by atoms with Gasteiger partial charge in [-0.05, 0) is 32.9 Å². The molecule has 1 saturated heterocycles. The van der Waals surface area contributed by atoms with Gasteiger partial charge in [-0.15, -0.1) is 11.6 Å². The first-order valence-electron chi connectivity index (χ1n) is 6.38. The lowest BCUT2D eigenvalue weighted by Gasteiger charge is -2.24. The predicted molar refractivity (Wildman–Crippen MR) is 75.2 cm³/mol. The van der Waals surface area contributed by atoms with Crippen molar-refractivity contribution in [3.05, 3.63) is 17.6 Å². The standard InChI is InChI=1S/C13H21ClN4/c1-10-15-7-12(6-14)13(16-10)18(3)9-11-4-5-17(2)8-11/h7,11H,4-6,8-9H2,1-3H3. The van der Waals surface area contributed by atoms with Crippen LogP contribution in [-0.2, 0) is 5.88 Å². The Labute approximate surface area is 114 Å². The van der Waals surface area contributed by atoms with Crippen LogP contribution in [-0.4, -0.2) is 48.6 Å². The fourth-order valence-electron chi connectivity index (χ4n) is 2.56. The molecule has 0 aromatic carbocycles. The van der Waals surface area contributed by atoms with Crippen LogP contribution < -0.4 is 4.90 Å². The van der Waals surface area contributed by atoms with E-state index >= 15 is 0 Å². The van der Waals surface area contributed by atoms with E-state index in [1.165, 1.54) is 19.5 Å². The molecule has 0 spiro atoms. The van der Waals surface area contributed by atoms with E-state index in [4.69, 9.17) is 11.6 Å². The van der Waals surface area contributed by atoms with Crippen LogP contribution in [0.4, 0.5) is 5.82 Å². The minimum absolute atomic E-state index is 0.463. The first-order valence-corrected chi connectivity index (χ1v) is 6.91. The Balaban J connectivity index is 2.08. The van der Waals surface area contributed by atoms with Gasteiger partial charge in [-0.3, -0.25) is 0 Å². The smallest absolute Gasteiger partial charge is 0.136 e. The van der Waals surface area contributed by atoms with Crippen molar-refractivity contribution in [2.45, 2.75) is 19.2 Å². The lowest BCUT2D eigenvalue weighted by Crippen LogP contribution is -2.28. The van der Waals surface area contributed by atoms with Crippen LogP contribution in [0.25, 0.3) is 0 Å². The quantitative estimate of drug-likeness (QED) is 0.781. The van der Waals surface area contributed by atoms with Crippen molar-refractivity contribution in [2.24, 2.45) is 5.92 Å². The highest BCUT2D eigenvalue weighted by molar-refractivity contribution is 6.17. The molecule has 0 N–H and O–H groups in total. The van der Waals surface area contributed by atoms with Gasteiger partial charge in [-0.25, -0.2) is 9.97 Å². The molecule has 1 aliphatic heterocycles. The zero-order valence-electron chi connectivity index (χ0n) is 11.4. The minimum atomic E-state index is 0.463. The first-order chi connectivity index (χ1) is 8.60. The Hall–Kier alpha value is -0.870. The SMILES string of the molecule is Cc1ncc(CCl)c(N(C)CC2CCN(C)C2)n1. The van der Waals surface area contributed by atoms with Crippen molar-refractivity contribution in [3.8, 4) is 0 Å². The van der Waals surface area contributed by atoms with Crippen molar-refractivity contribution in [2.75, 3.05) is 38.6 Å². The monoisotopic (exact) mass is 268 g/mol. The average molecular weight is 269 g/mol. The summed E-state index contributed by atoms with van der Waals surface area (Å²) in [7, 11) is 4.27. The summed E-state index contributed by atoms with van der Waals surface area (Å²) in [5, 5.41) is 0. The Bertz CT molecular complexity index is 410. The lowest BCUT2D eigenvalue weighted by atomic mass is 10.1. The zero-order valence-corrected chi connectivity index (χ0v) is 12.1. The summed E-state index contributed by atoms with van der Waals surface area (Å²) >= 11 is 5.95. The van der Waals surface area contributed by atoms with E-state index in [1.54, 1.807) is 0 Å². The maximum Gasteiger partial charge on any atom is 0.136 e. The molecule has 18 heavy (non-hydrogen) atoms. The number of rotatable bonds is 4. The van der Waals surface area contributed by atoms with Gasteiger partial charge in [0.1, 0.15) is 11.6 Å². The number of likely N-dealkylation sites (tertiary alicyclic amines) is 1. The van der Waals surface area contributed by atoms with Gasteiger partial charge in [-0.1, -0.05) is 0 Å². The van der Waals surface area contributed by atoms with Crippen molar-refractivity contribution in [1.29, 1.82) is 0 Å². The molecular formula is C13H21ClN4. The Morgan fingerprint density at radius 3 is 2.94 bits per heavy atom. The van der Waals surface area contributed by atoms with Crippen molar-refractivity contribution >= 4 is 17.4 Å². The van der Waals surface area contributed by atoms with E-state index < -0.39 is 0 Å². The molecule has 0 bridgehead atoms. The number of hydrogen-bond acceptors (Lipinski definition) is 4. The predicted octanol–water partition coefficient (Wildman–Crippen LogP) is 1.91. The number of hydrogen-bond donors (Lipinski definition) is 0. The Morgan fingerprint density at radius 2 is 2.33 bits per heavy atom. The largest absolute Gasteiger partial charge is 0.359 e. The second-order valence-corrected chi connectivity index (χ2v) is 5.46. The Morgan fingerprint density at radius 1 is 1.56 bits per heavy atom. The molecule has 1 atom stereocenters. The van der Waals surface area contributed by atoms with Crippen LogP contribution in [0.2, 0.25) is 0 Å². The highest BCUT2D eigenvalue weighted by Gasteiger charge is 2.22. The van der Waals surface area contributed by atoms with Gasteiger partial charge in [0.15, 0.2) is 0 Å². The molecule has 0 aliphatic carbocycles. The number of halogens is 1. The molecule has 1 aromatic rings. The molecule has 2 heterocycles. The molecule has 4 nitrogen and oxygen atoms in total. The summed E-state index contributed by atoms with van der Waals surface area (Å²) in [5.74, 6) is 2.96. The van der Waals surface area contributed by atoms with Gasteiger partial charge in [0.25, 0.3) is 0 Å². The minimum Gasteiger partial charge on any atom is -0.359 e. The number of aromatic nitrogens is 2. The van der Waals surface area contributed by atoms with E-state index in [-0.39, 0.29) is 0 Å². The number of anilines is 1. The summed E-state index contributed by atoms with van der Waals surface area (Å²) in [5.41, 5.74) is 1.01. The molecule has 0 radical (unpaired) electrons. The molecule has 0 saturated carbocycles. The fraction of sp³-hybridized carbons (Fsp3) is 0.692. The second kappa shape index (κ2) is 5.85. The highest BCUT2D eigenvalue weighted by Crippen LogP contribution is 2.22. The third-order valence-corrected chi connectivity index (χ3v) is 3.78. The van der Waals surface area contributed by atoms with E-state index in [9.17, 15) is 0 Å². The van der Waals surface area contributed by atoms with Crippen molar-refractivity contribution < 1.29 is 0 Å². The molecule has 5 heteroatoms. The maximum atomic E-state index is 5.95. The normalized spacial score (nSPS) is 20.3. The number of nitrogens with zero attached hydrogens (tertiary/aromatic N) is 4. The van der Waals surface area contributed by atoms with Gasteiger partial charge < -0.3 is 9.80 Å². The van der Waals surface area contributed by atoms with Gasteiger partial charge in [0.2, 0.25) is 0 Å². The number of alkyl halides is 1. The lowest BCUT2D eigenvalue weighted by molar-refractivity contribution is 0.395. The van der Waals surface area contributed by atoms with Crippen LogP contribution >= 0.6 is 11.6 Å². The summed E-state index contributed by atoms with van der Waals surface area (Å²) in [6.07, 6.45) is 3.10. The summed E-state index contributed by atoms with van der Waals surface area (Å²) < 4.78 is 0. The third-order valence-electron chi connectivity index (χ3n) is 3.49. The third kappa shape index (κ3) is 3.12. The van der Waals surface area contributed by atoms with E-state index in [1.807, 2.05) is 13.1 Å². The van der Waals surface area contributed by atoms with Crippen molar-refractivity contribution in [1.82, 2.24) is 14.9 Å². The van der Waals surface area contributed by atoms with E-state index in [0.29, 0.717) is 5.88 Å². The molecule has 1 unspecified atom stereocenters. The molecule has 1 fully saturated rings. The van der Waals surface area contributed by atoms with Gasteiger partial charge in [0, 0.05) is 31.9 Å². The average Bonchev–Trinajstić information content (AvgIpc) is 2.74. The van der Waals surface area contributed by atoms with Crippen LogP contribution in [0.1, 0.15) is 17.8 Å². The summed E-state index contributed by atoms with van der Waals surface area (Å²) in [6.45, 7) is 5.32. The van der Waals surface area contributed by atoms with Gasteiger partial charge >= 0.3 is 0 Å². The zero-order chi connectivity index (χ0) is 13.1. The molecular weight excluding hydrogens is 248 g/mol. The molecule has 1 aromatic heterocycles. The van der Waals surface area contributed by atoms with Crippen molar-refractivity contribution in [3.63, 3.8) is 0 Å². The van der Waals surface area contributed by atoms with E-state index in [2.05, 4.69) is 33.9 Å². The highest BCUT2D eigenvalue weighted by atomic mass is 35.5. The van der Waals surface area contributed by atoms with Crippen LogP contribution in [0.5, 0.6) is 0 Å². The van der Waals surface area contributed by atoms with E-state index in [0.717, 1.165) is 29.7 Å². The molecule has 100 valence electrons. The Kier molecular flexibility index (Phi) is 4.40. The van der Waals surface area contributed by atoms with Crippen LogP contribution in [0.3, 0.4) is 0 Å². The first kappa shape index (κ1) is 13.6. The summed E-state index contributed by atoms with van der Waals surface area (Å²) in [4.78, 5) is 13.3. The topological polar surface area (TPSA) is 32.3 Å². The number of aryl methyl sites for hydroxylation is 1. The maximum absolute atomic E-state index is 5.95. The second-order valence-electron chi connectivity index (χ2n) is 5.20. The molecule has 2 rings (SSSR count). The summed E-state index contributed by atoms with van der Waals surface area (Å²) in [6, 6.07) is 0. The molecule has 1 aliphatic rings. The van der Waals surface area contributed by atoms with Gasteiger partial charge in [0.05, 0.1) is 5.88 Å². The van der Waals surface area contributed by atoms with Crippen LogP contribution in [0, 0.1) is 12.8 Å². The van der Waals surface area contributed by atoms with Gasteiger partial charge in [-0.2, -0.15) is 0 Å². The fourth-order valence-corrected chi connectivity index (χ4v) is 2.75.